The smallest absolute Gasteiger partial charge is 0.221 e. The second-order valence-corrected chi connectivity index (χ2v) is 6.22. The molecular formula is C15H29N3O. The summed E-state index contributed by atoms with van der Waals surface area (Å²) in [4.78, 5) is 14.1. The van der Waals surface area contributed by atoms with Crippen molar-refractivity contribution < 1.29 is 4.79 Å². The summed E-state index contributed by atoms with van der Waals surface area (Å²) in [6.45, 7) is 8.83. The van der Waals surface area contributed by atoms with Crippen molar-refractivity contribution in [3.63, 3.8) is 0 Å². The van der Waals surface area contributed by atoms with E-state index in [4.69, 9.17) is 0 Å². The highest BCUT2D eigenvalue weighted by atomic mass is 16.1. The Bertz CT molecular complexity index is 291. The first-order valence-electron chi connectivity index (χ1n) is 7.94. The van der Waals surface area contributed by atoms with Crippen molar-refractivity contribution in [3.8, 4) is 0 Å². The van der Waals surface area contributed by atoms with Crippen LogP contribution in [0.25, 0.3) is 0 Å². The van der Waals surface area contributed by atoms with E-state index in [-0.39, 0.29) is 5.91 Å². The van der Waals surface area contributed by atoms with Gasteiger partial charge in [0.2, 0.25) is 5.91 Å². The highest BCUT2D eigenvalue weighted by molar-refractivity contribution is 5.76. The first-order valence-corrected chi connectivity index (χ1v) is 7.94. The monoisotopic (exact) mass is 267 g/mol. The molecule has 110 valence electrons. The van der Waals surface area contributed by atoms with Crippen LogP contribution < -0.4 is 10.6 Å². The normalized spacial score (nSPS) is 28.3. The fourth-order valence-electron chi connectivity index (χ4n) is 2.86. The maximum absolute atomic E-state index is 11.7. The maximum atomic E-state index is 11.7. The molecule has 0 aromatic carbocycles. The summed E-state index contributed by atoms with van der Waals surface area (Å²) in [5.74, 6) is 0.924. The summed E-state index contributed by atoms with van der Waals surface area (Å²) >= 11 is 0. The second-order valence-electron chi connectivity index (χ2n) is 6.22. The van der Waals surface area contributed by atoms with E-state index < -0.39 is 0 Å². The molecule has 2 rings (SSSR count). The minimum atomic E-state index is 0.237. The Labute approximate surface area is 117 Å². The lowest BCUT2D eigenvalue weighted by Gasteiger charge is -2.37. The van der Waals surface area contributed by atoms with E-state index in [1.165, 1.54) is 25.7 Å². The first-order chi connectivity index (χ1) is 9.19. The van der Waals surface area contributed by atoms with Crippen LogP contribution >= 0.6 is 0 Å². The molecule has 0 bridgehead atoms. The fraction of sp³-hybridized carbons (Fsp3) is 0.933. The Morgan fingerprint density at radius 3 is 2.74 bits per heavy atom. The number of carbonyl (C=O) groups is 1. The lowest BCUT2D eigenvalue weighted by molar-refractivity contribution is -0.121. The number of carbonyl (C=O) groups excluding carboxylic acids is 1. The first kappa shape index (κ1) is 14.8. The molecule has 1 aliphatic heterocycles. The highest BCUT2D eigenvalue weighted by Crippen LogP contribution is 2.19. The summed E-state index contributed by atoms with van der Waals surface area (Å²) in [7, 11) is 0. The number of amides is 1. The quantitative estimate of drug-likeness (QED) is 0.732. The number of hydrogen-bond acceptors (Lipinski definition) is 3. The number of rotatable bonds is 7. The van der Waals surface area contributed by atoms with Crippen molar-refractivity contribution in [2.45, 2.75) is 58.0 Å². The molecule has 1 saturated carbocycles. The van der Waals surface area contributed by atoms with Gasteiger partial charge in [0, 0.05) is 31.6 Å². The standard InChI is InChI=1S/C15H29N3O/c1-3-8-16-14-6-9-18(11-12(14)2)10-7-15(19)17-13-4-5-13/h12-14,16H,3-11H2,1-2H3,(H,17,19). The number of nitrogens with one attached hydrogen (secondary N) is 2. The van der Waals surface area contributed by atoms with E-state index in [0.29, 0.717) is 24.4 Å². The van der Waals surface area contributed by atoms with E-state index in [9.17, 15) is 4.79 Å². The largest absolute Gasteiger partial charge is 0.353 e. The molecule has 0 radical (unpaired) electrons. The van der Waals surface area contributed by atoms with Crippen LogP contribution in [0.5, 0.6) is 0 Å². The zero-order chi connectivity index (χ0) is 13.7. The number of piperidine rings is 1. The van der Waals surface area contributed by atoms with Crippen LogP contribution in [0.3, 0.4) is 0 Å². The van der Waals surface area contributed by atoms with Crippen LogP contribution in [0.1, 0.15) is 46.0 Å². The van der Waals surface area contributed by atoms with Gasteiger partial charge in [-0.1, -0.05) is 13.8 Å². The predicted molar refractivity (Wildman–Crippen MR) is 78.1 cm³/mol. The molecule has 0 aromatic rings. The van der Waals surface area contributed by atoms with Crippen molar-refractivity contribution in [2.24, 2.45) is 5.92 Å². The summed E-state index contributed by atoms with van der Waals surface area (Å²) in [6.07, 6.45) is 5.44. The van der Waals surface area contributed by atoms with E-state index >= 15 is 0 Å². The van der Waals surface area contributed by atoms with Gasteiger partial charge in [-0.05, 0) is 44.7 Å². The third-order valence-corrected chi connectivity index (χ3v) is 4.24. The molecule has 1 amide bonds. The van der Waals surface area contributed by atoms with Crippen molar-refractivity contribution in [3.05, 3.63) is 0 Å². The van der Waals surface area contributed by atoms with Crippen LogP contribution in [0.2, 0.25) is 0 Å². The van der Waals surface area contributed by atoms with E-state index in [1.807, 2.05) is 0 Å². The molecule has 2 aliphatic rings. The van der Waals surface area contributed by atoms with Crippen molar-refractivity contribution >= 4 is 5.91 Å². The Morgan fingerprint density at radius 2 is 2.11 bits per heavy atom. The lowest BCUT2D eigenvalue weighted by atomic mass is 9.93. The minimum absolute atomic E-state index is 0.237. The summed E-state index contributed by atoms with van der Waals surface area (Å²) < 4.78 is 0. The van der Waals surface area contributed by atoms with Crippen LogP contribution in [-0.4, -0.2) is 49.1 Å². The molecule has 0 aromatic heterocycles. The molecule has 4 heteroatoms. The van der Waals surface area contributed by atoms with Crippen molar-refractivity contribution in [1.82, 2.24) is 15.5 Å². The highest BCUT2D eigenvalue weighted by Gasteiger charge is 2.26. The number of hydrogen-bond donors (Lipinski definition) is 2. The molecule has 1 heterocycles. The van der Waals surface area contributed by atoms with E-state index in [0.717, 1.165) is 26.2 Å². The van der Waals surface area contributed by atoms with Gasteiger partial charge in [-0.3, -0.25) is 4.79 Å². The molecule has 2 atom stereocenters. The molecule has 1 saturated heterocycles. The van der Waals surface area contributed by atoms with Crippen LogP contribution in [0.4, 0.5) is 0 Å². The van der Waals surface area contributed by atoms with Crippen molar-refractivity contribution in [1.29, 1.82) is 0 Å². The van der Waals surface area contributed by atoms with Gasteiger partial charge in [-0.2, -0.15) is 0 Å². The maximum Gasteiger partial charge on any atom is 0.221 e. The molecule has 19 heavy (non-hydrogen) atoms. The third-order valence-electron chi connectivity index (χ3n) is 4.24. The van der Waals surface area contributed by atoms with E-state index in [1.54, 1.807) is 0 Å². The zero-order valence-corrected chi connectivity index (χ0v) is 12.5. The number of likely N-dealkylation sites (tertiary alicyclic amines) is 1. The van der Waals surface area contributed by atoms with Gasteiger partial charge in [-0.25, -0.2) is 0 Å². The zero-order valence-electron chi connectivity index (χ0n) is 12.5. The summed E-state index contributed by atoms with van der Waals surface area (Å²) in [5.41, 5.74) is 0. The van der Waals surface area contributed by atoms with Gasteiger partial charge >= 0.3 is 0 Å². The topological polar surface area (TPSA) is 44.4 Å². The molecule has 4 nitrogen and oxygen atoms in total. The average Bonchev–Trinajstić information content (AvgIpc) is 3.19. The number of nitrogens with zero attached hydrogens (tertiary/aromatic N) is 1. The van der Waals surface area contributed by atoms with Gasteiger partial charge in [0.15, 0.2) is 0 Å². The molecule has 2 fully saturated rings. The molecule has 2 unspecified atom stereocenters. The predicted octanol–water partition coefficient (Wildman–Crippen LogP) is 1.37. The van der Waals surface area contributed by atoms with Gasteiger partial charge < -0.3 is 15.5 Å². The van der Waals surface area contributed by atoms with Crippen LogP contribution in [0, 0.1) is 5.92 Å². The van der Waals surface area contributed by atoms with Crippen LogP contribution in [0.15, 0.2) is 0 Å². The molecule has 2 N–H and O–H groups in total. The van der Waals surface area contributed by atoms with E-state index in [2.05, 4.69) is 29.4 Å². The Balaban J connectivity index is 1.62. The fourth-order valence-corrected chi connectivity index (χ4v) is 2.86. The van der Waals surface area contributed by atoms with Gasteiger partial charge in [0.25, 0.3) is 0 Å². The summed E-state index contributed by atoms with van der Waals surface area (Å²) in [5, 5.41) is 6.70. The SMILES string of the molecule is CCCNC1CCN(CCC(=O)NC2CC2)CC1C. The molecule has 1 aliphatic carbocycles. The van der Waals surface area contributed by atoms with Crippen molar-refractivity contribution in [2.75, 3.05) is 26.2 Å². The lowest BCUT2D eigenvalue weighted by Crippen LogP contribution is -2.49. The summed E-state index contributed by atoms with van der Waals surface area (Å²) in [6, 6.07) is 1.16. The minimum Gasteiger partial charge on any atom is -0.353 e. The molecular weight excluding hydrogens is 238 g/mol. The molecule has 0 spiro atoms. The Hall–Kier alpha value is -0.610. The van der Waals surface area contributed by atoms with Gasteiger partial charge in [-0.15, -0.1) is 0 Å². The average molecular weight is 267 g/mol. The third kappa shape index (κ3) is 5.11. The Kier molecular flexibility index (Phi) is 5.64. The van der Waals surface area contributed by atoms with Crippen LogP contribution in [-0.2, 0) is 4.79 Å². The second kappa shape index (κ2) is 7.25. The van der Waals surface area contributed by atoms with Gasteiger partial charge in [0.1, 0.15) is 0 Å². The Morgan fingerprint density at radius 1 is 1.32 bits per heavy atom. The van der Waals surface area contributed by atoms with Gasteiger partial charge in [0.05, 0.1) is 0 Å².